The molecule has 0 aliphatic rings. The summed E-state index contributed by atoms with van der Waals surface area (Å²) in [4.78, 5) is 14.1. The minimum atomic E-state index is -3.72. The summed E-state index contributed by atoms with van der Waals surface area (Å²) in [6, 6.07) is 11.3. The fourth-order valence-electron chi connectivity index (χ4n) is 2.28. The van der Waals surface area contributed by atoms with Gasteiger partial charge in [-0.1, -0.05) is 6.07 Å². The molecular formula is C18H18N2O4S2. The van der Waals surface area contributed by atoms with Crippen LogP contribution < -0.4 is 10.0 Å². The number of benzene rings is 1. The number of furan rings is 1. The zero-order valence-electron chi connectivity index (χ0n) is 14.3. The van der Waals surface area contributed by atoms with Gasteiger partial charge in [0.05, 0.1) is 22.6 Å². The van der Waals surface area contributed by atoms with Crippen LogP contribution in [0.1, 0.15) is 25.9 Å². The van der Waals surface area contributed by atoms with E-state index in [9.17, 15) is 13.2 Å². The second-order valence-corrected chi connectivity index (χ2v) is 8.76. The van der Waals surface area contributed by atoms with Crippen molar-refractivity contribution in [3.63, 3.8) is 0 Å². The van der Waals surface area contributed by atoms with Crippen molar-refractivity contribution in [3.05, 3.63) is 69.8 Å². The van der Waals surface area contributed by atoms with Crippen molar-refractivity contribution in [3.8, 4) is 0 Å². The molecule has 0 bridgehead atoms. The van der Waals surface area contributed by atoms with Crippen LogP contribution in [0.25, 0.3) is 0 Å². The lowest BCUT2D eigenvalue weighted by atomic mass is 10.2. The van der Waals surface area contributed by atoms with Crippen molar-refractivity contribution in [1.82, 2.24) is 4.72 Å². The number of hydrogen-bond acceptors (Lipinski definition) is 5. The van der Waals surface area contributed by atoms with E-state index >= 15 is 0 Å². The van der Waals surface area contributed by atoms with Crippen LogP contribution in [0, 0.1) is 13.8 Å². The maximum Gasteiger partial charge on any atom is 0.265 e. The van der Waals surface area contributed by atoms with Gasteiger partial charge in [0.1, 0.15) is 5.76 Å². The van der Waals surface area contributed by atoms with Crippen LogP contribution in [0.3, 0.4) is 0 Å². The third-order valence-electron chi connectivity index (χ3n) is 3.81. The number of anilines is 1. The van der Waals surface area contributed by atoms with Crippen molar-refractivity contribution < 1.29 is 17.6 Å². The van der Waals surface area contributed by atoms with Gasteiger partial charge in [-0.3, -0.25) is 4.79 Å². The van der Waals surface area contributed by atoms with E-state index in [4.69, 9.17) is 4.42 Å². The number of carbonyl (C=O) groups excluding carboxylic acids is 1. The first-order valence-corrected chi connectivity index (χ1v) is 10.2. The summed E-state index contributed by atoms with van der Waals surface area (Å²) in [5.41, 5.74) is 1.47. The van der Waals surface area contributed by atoms with Crippen LogP contribution in [-0.4, -0.2) is 14.3 Å². The first-order valence-electron chi connectivity index (χ1n) is 7.85. The highest BCUT2D eigenvalue weighted by molar-refractivity contribution is 7.89. The maximum atomic E-state index is 12.4. The predicted molar refractivity (Wildman–Crippen MR) is 101 cm³/mol. The van der Waals surface area contributed by atoms with Crippen molar-refractivity contribution in [2.24, 2.45) is 0 Å². The van der Waals surface area contributed by atoms with E-state index in [2.05, 4.69) is 10.0 Å². The third-order valence-corrected chi connectivity index (χ3v) is 6.36. The monoisotopic (exact) mass is 390 g/mol. The van der Waals surface area contributed by atoms with Crippen molar-refractivity contribution >= 4 is 33.0 Å². The van der Waals surface area contributed by atoms with Crippen LogP contribution in [0.4, 0.5) is 5.69 Å². The summed E-state index contributed by atoms with van der Waals surface area (Å²) in [6.45, 7) is 3.95. The fourth-order valence-corrected chi connectivity index (χ4v) is 4.25. The summed E-state index contributed by atoms with van der Waals surface area (Å²) in [5.74, 6) is 0.255. The van der Waals surface area contributed by atoms with Crippen LogP contribution in [0.5, 0.6) is 0 Å². The van der Waals surface area contributed by atoms with Gasteiger partial charge in [-0.05, 0) is 55.8 Å². The van der Waals surface area contributed by atoms with Crippen molar-refractivity contribution in [2.75, 3.05) is 5.32 Å². The second-order valence-electron chi connectivity index (χ2n) is 5.74. The Labute approximate surface area is 155 Å². The van der Waals surface area contributed by atoms with E-state index in [1.165, 1.54) is 29.7 Å². The van der Waals surface area contributed by atoms with Gasteiger partial charge in [-0.2, -0.15) is 0 Å². The zero-order valence-corrected chi connectivity index (χ0v) is 15.9. The highest BCUT2D eigenvalue weighted by Crippen LogP contribution is 2.22. The molecule has 0 fully saturated rings. The molecule has 2 aromatic heterocycles. The predicted octanol–water partition coefficient (Wildman–Crippen LogP) is 3.69. The summed E-state index contributed by atoms with van der Waals surface area (Å²) in [7, 11) is -3.72. The molecule has 0 spiro atoms. The van der Waals surface area contributed by atoms with E-state index in [0.717, 1.165) is 10.4 Å². The summed E-state index contributed by atoms with van der Waals surface area (Å²) in [6.07, 6.45) is 1.48. The lowest BCUT2D eigenvalue weighted by Crippen LogP contribution is -2.23. The molecule has 0 saturated carbocycles. The number of nitrogens with one attached hydrogen (secondary N) is 2. The summed E-state index contributed by atoms with van der Waals surface area (Å²) in [5, 5.41) is 2.74. The molecule has 8 heteroatoms. The van der Waals surface area contributed by atoms with Gasteiger partial charge in [0.2, 0.25) is 10.0 Å². The minimum Gasteiger partial charge on any atom is -0.468 e. The smallest absolute Gasteiger partial charge is 0.265 e. The van der Waals surface area contributed by atoms with Gasteiger partial charge < -0.3 is 9.73 Å². The summed E-state index contributed by atoms with van der Waals surface area (Å²) >= 11 is 1.40. The van der Waals surface area contributed by atoms with Gasteiger partial charge in [0.25, 0.3) is 5.91 Å². The molecule has 2 N–H and O–H groups in total. The highest BCUT2D eigenvalue weighted by Gasteiger charge is 2.16. The Balaban J connectivity index is 1.73. The number of amides is 1. The molecule has 0 aliphatic heterocycles. The number of sulfonamides is 1. The average molecular weight is 390 g/mol. The molecule has 0 radical (unpaired) electrons. The van der Waals surface area contributed by atoms with Gasteiger partial charge in [-0.25, -0.2) is 13.1 Å². The molecular weight excluding hydrogens is 372 g/mol. The Hall–Kier alpha value is -2.42. The van der Waals surface area contributed by atoms with Gasteiger partial charge >= 0.3 is 0 Å². The largest absolute Gasteiger partial charge is 0.468 e. The lowest BCUT2D eigenvalue weighted by molar-refractivity contribution is 0.103. The zero-order chi connectivity index (χ0) is 18.7. The van der Waals surface area contributed by atoms with Crippen molar-refractivity contribution in [2.45, 2.75) is 25.3 Å². The first-order chi connectivity index (χ1) is 12.3. The third kappa shape index (κ3) is 4.21. The van der Waals surface area contributed by atoms with Crippen LogP contribution in [0.15, 0.2) is 58.0 Å². The Morgan fingerprint density at radius 1 is 1.15 bits per heavy atom. The van der Waals surface area contributed by atoms with Gasteiger partial charge in [0.15, 0.2) is 0 Å². The quantitative estimate of drug-likeness (QED) is 0.672. The Morgan fingerprint density at radius 2 is 1.96 bits per heavy atom. The fraction of sp³-hybridized carbons (Fsp3) is 0.167. The Bertz CT molecular complexity index is 1000. The maximum absolute atomic E-state index is 12.4. The highest BCUT2D eigenvalue weighted by atomic mass is 32.2. The molecule has 3 aromatic rings. The standard InChI is InChI=1S/C18H18N2O4S2/c1-12-9-17(25-13(12)2)18(21)20-14-5-3-7-16(10-14)26(22,23)19-11-15-6-4-8-24-15/h3-10,19H,11H2,1-2H3,(H,20,21). The minimum absolute atomic E-state index is 0.0552. The summed E-state index contributed by atoms with van der Waals surface area (Å²) < 4.78 is 32.4. The molecule has 136 valence electrons. The molecule has 0 aliphatic carbocycles. The SMILES string of the molecule is Cc1cc(C(=O)Nc2cccc(S(=O)(=O)NCc3ccco3)c2)sc1C. The number of carbonyl (C=O) groups is 1. The molecule has 0 unspecified atom stereocenters. The molecule has 2 heterocycles. The van der Waals surface area contributed by atoms with Gasteiger partial charge in [-0.15, -0.1) is 11.3 Å². The molecule has 26 heavy (non-hydrogen) atoms. The van der Waals surface area contributed by atoms with E-state index in [1.54, 1.807) is 24.3 Å². The number of rotatable bonds is 6. The number of thiophene rings is 1. The van der Waals surface area contributed by atoms with Gasteiger partial charge in [0, 0.05) is 10.6 Å². The van der Waals surface area contributed by atoms with E-state index in [-0.39, 0.29) is 17.3 Å². The molecule has 0 atom stereocenters. The topological polar surface area (TPSA) is 88.4 Å². The lowest BCUT2D eigenvalue weighted by Gasteiger charge is -2.08. The van der Waals surface area contributed by atoms with E-state index < -0.39 is 10.0 Å². The second kappa shape index (κ2) is 7.45. The molecule has 1 amide bonds. The van der Waals surface area contributed by atoms with Crippen LogP contribution in [-0.2, 0) is 16.6 Å². The van der Waals surface area contributed by atoms with Crippen LogP contribution in [0.2, 0.25) is 0 Å². The number of hydrogen-bond donors (Lipinski definition) is 2. The molecule has 1 aromatic carbocycles. The average Bonchev–Trinajstić information content (AvgIpc) is 3.24. The van der Waals surface area contributed by atoms with E-state index in [0.29, 0.717) is 16.3 Å². The number of aryl methyl sites for hydroxylation is 2. The molecule has 3 rings (SSSR count). The van der Waals surface area contributed by atoms with E-state index in [1.807, 2.05) is 19.9 Å². The first kappa shape index (κ1) is 18.4. The Morgan fingerprint density at radius 3 is 2.62 bits per heavy atom. The molecule has 0 saturated heterocycles. The molecule has 6 nitrogen and oxygen atoms in total. The van der Waals surface area contributed by atoms with Crippen molar-refractivity contribution in [1.29, 1.82) is 0 Å². The van der Waals surface area contributed by atoms with Crippen LogP contribution >= 0.6 is 11.3 Å². The Kier molecular flexibility index (Phi) is 5.26. The normalized spacial score (nSPS) is 11.5.